The van der Waals surface area contributed by atoms with Crippen molar-refractivity contribution in [3.63, 3.8) is 0 Å². The van der Waals surface area contributed by atoms with Gasteiger partial charge in [-0.25, -0.2) is 4.39 Å². The molecule has 3 aromatic rings. The van der Waals surface area contributed by atoms with Gasteiger partial charge in [-0.15, -0.1) is 10.2 Å². The highest BCUT2D eigenvalue weighted by atomic mass is 32.1. The van der Waals surface area contributed by atoms with Crippen LogP contribution in [0.2, 0.25) is 0 Å². The first-order valence-electron chi connectivity index (χ1n) is 7.30. The molecule has 1 amide bonds. The van der Waals surface area contributed by atoms with Gasteiger partial charge in [0.25, 0.3) is 0 Å². The van der Waals surface area contributed by atoms with E-state index in [0.29, 0.717) is 11.6 Å². The molecular weight excluding hydrogens is 325 g/mol. The Hall–Kier alpha value is -2.86. The number of rotatable bonds is 5. The Morgan fingerprint density at radius 1 is 1.08 bits per heavy atom. The van der Waals surface area contributed by atoms with Crippen LogP contribution in [-0.4, -0.2) is 16.1 Å². The van der Waals surface area contributed by atoms with Crippen molar-refractivity contribution in [3.05, 3.63) is 82.6 Å². The van der Waals surface area contributed by atoms with Crippen molar-refractivity contribution < 1.29 is 9.18 Å². The maximum atomic E-state index is 12.8. The zero-order valence-corrected chi connectivity index (χ0v) is 13.5. The first kappa shape index (κ1) is 16.0. The van der Waals surface area contributed by atoms with Crippen LogP contribution in [0.3, 0.4) is 0 Å². The van der Waals surface area contributed by atoms with Crippen LogP contribution in [0.1, 0.15) is 16.1 Å². The van der Waals surface area contributed by atoms with Crippen LogP contribution in [-0.2, 0) is 11.2 Å². The molecule has 0 saturated heterocycles. The van der Waals surface area contributed by atoms with Gasteiger partial charge in [-0.2, -0.15) is 0 Å². The van der Waals surface area contributed by atoms with Gasteiger partial charge < -0.3 is 0 Å². The van der Waals surface area contributed by atoms with Crippen molar-refractivity contribution >= 4 is 28.5 Å². The van der Waals surface area contributed by atoms with Gasteiger partial charge in [0.2, 0.25) is 11.0 Å². The molecule has 0 unspecified atom stereocenters. The molecule has 0 bridgehead atoms. The quantitative estimate of drug-likeness (QED) is 0.717. The summed E-state index contributed by atoms with van der Waals surface area (Å²) in [5.41, 5.74) is 1.89. The Morgan fingerprint density at radius 3 is 2.58 bits per heavy atom. The molecule has 0 atom stereocenters. The van der Waals surface area contributed by atoms with E-state index in [1.54, 1.807) is 18.2 Å². The van der Waals surface area contributed by atoms with E-state index in [1.165, 1.54) is 29.5 Å². The number of aromatic nitrogens is 2. The molecule has 0 spiro atoms. The van der Waals surface area contributed by atoms with Crippen molar-refractivity contribution in [3.8, 4) is 0 Å². The van der Waals surface area contributed by atoms with Gasteiger partial charge >= 0.3 is 0 Å². The molecule has 1 N–H and O–H groups in total. The molecular formula is C18H14FN3OS. The molecule has 6 heteroatoms. The van der Waals surface area contributed by atoms with Crippen LogP contribution < -0.4 is 5.32 Å². The normalized spacial score (nSPS) is 10.9. The van der Waals surface area contributed by atoms with Crippen molar-refractivity contribution in [1.82, 2.24) is 10.2 Å². The molecule has 1 aromatic heterocycles. The molecule has 0 aliphatic heterocycles. The van der Waals surface area contributed by atoms with Crippen LogP contribution >= 0.6 is 11.3 Å². The first-order valence-corrected chi connectivity index (χ1v) is 8.11. The molecule has 2 aromatic carbocycles. The summed E-state index contributed by atoms with van der Waals surface area (Å²) in [6.45, 7) is 0. The standard InChI is InChI=1S/C18H14FN3OS/c19-15-9-6-13(7-10-15)8-11-16(23)20-18-22-21-17(24-18)12-14-4-2-1-3-5-14/h1-11H,12H2,(H,20,22,23). The van der Waals surface area contributed by atoms with E-state index in [0.717, 1.165) is 16.1 Å². The summed E-state index contributed by atoms with van der Waals surface area (Å²) in [6, 6.07) is 15.8. The summed E-state index contributed by atoms with van der Waals surface area (Å²) in [5, 5.41) is 12.0. The molecule has 1 heterocycles. The molecule has 0 aliphatic rings. The lowest BCUT2D eigenvalue weighted by Crippen LogP contribution is -2.07. The molecule has 3 rings (SSSR count). The number of nitrogens with one attached hydrogen (secondary N) is 1. The third-order valence-corrected chi connectivity index (χ3v) is 4.03. The van der Waals surface area contributed by atoms with E-state index in [9.17, 15) is 9.18 Å². The zero-order valence-electron chi connectivity index (χ0n) is 12.6. The van der Waals surface area contributed by atoms with E-state index in [4.69, 9.17) is 0 Å². The summed E-state index contributed by atoms with van der Waals surface area (Å²) in [7, 11) is 0. The Labute approximate surface area is 142 Å². The third kappa shape index (κ3) is 4.57. The van der Waals surface area contributed by atoms with E-state index in [1.807, 2.05) is 30.3 Å². The lowest BCUT2D eigenvalue weighted by Gasteiger charge is -1.96. The van der Waals surface area contributed by atoms with Gasteiger partial charge in [-0.05, 0) is 29.3 Å². The predicted octanol–water partition coefficient (Wildman–Crippen LogP) is 3.92. The number of hydrogen-bond acceptors (Lipinski definition) is 4. The lowest BCUT2D eigenvalue weighted by atomic mass is 10.2. The zero-order chi connectivity index (χ0) is 16.8. The summed E-state index contributed by atoms with van der Waals surface area (Å²) in [6.07, 6.45) is 3.67. The fourth-order valence-corrected chi connectivity index (χ4v) is 2.82. The Balaban J connectivity index is 1.58. The van der Waals surface area contributed by atoms with Gasteiger partial charge in [0, 0.05) is 12.5 Å². The summed E-state index contributed by atoms with van der Waals surface area (Å²) in [5.74, 6) is -0.613. The fourth-order valence-electron chi connectivity index (χ4n) is 2.04. The second-order valence-electron chi connectivity index (χ2n) is 5.04. The van der Waals surface area contributed by atoms with Gasteiger partial charge in [0.1, 0.15) is 10.8 Å². The summed E-state index contributed by atoms with van der Waals surface area (Å²) < 4.78 is 12.8. The Kier molecular flexibility index (Phi) is 5.08. The van der Waals surface area contributed by atoms with Gasteiger partial charge in [-0.1, -0.05) is 53.8 Å². The van der Waals surface area contributed by atoms with Gasteiger partial charge in [0.05, 0.1) is 0 Å². The minimum Gasteiger partial charge on any atom is -0.297 e. The molecule has 0 radical (unpaired) electrons. The molecule has 0 fully saturated rings. The van der Waals surface area contributed by atoms with E-state index < -0.39 is 0 Å². The Bertz CT molecular complexity index is 844. The molecule has 24 heavy (non-hydrogen) atoms. The molecule has 4 nitrogen and oxygen atoms in total. The van der Waals surface area contributed by atoms with Gasteiger partial charge in [0.15, 0.2) is 0 Å². The first-order chi connectivity index (χ1) is 11.7. The second-order valence-corrected chi connectivity index (χ2v) is 6.10. The number of benzene rings is 2. The minimum absolute atomic E-state index is 0.304. The molecule has 120 valence electrons. The van der Waals surface area contributed by atoms with E-state index in [-0.39, 0.29) is 11.7 Å². The number of anilines is 1. The average Bonchev–Trinajstić information content (AvgIpc) is 3.02. The topological polar surface area (TPSA) is 54.9 Å². The smallest absolute Gasteiger partial charge is 0.250 e. The van der Waals surface area contributed by atoms with Crippen LogP contribution in [0.5, 0.6) is 0 Å². The molecule has 0 saturated carbocycles. The number of carbonyl (C=O) groups is 1. The largest absolute Gasteiger partial charge is 0.297 e. The number of amides is 1. The van der Waals surface area contributed by atoms with Crippen LogP contribution in [0, 0.1) is 5.82 Å². The maximum Gasteiger partial charge on any atom is 0.250 e. The average molecular weight is 339 g/mol. The SMILES string of the molecule is O=C(C=Cc1ccc(F)cc1)Nc1nnc(Cc2ccccc2)s1. The highest BCUT2D eigenvalue weighted by Crippen LogP contribution is 2.18. The third-order valence-electron chi connectivity index (χ3n) is 3.19. The van der Waals surface area contributed by atoms with Crippen molar-refractivity contribution in [2.45, 2.75) is 6.42 Å². The predicted molar refractivity (Wildman–Crippen MR) is 93.2 cm³/mol. The van der Waals surface area contributed by atoms with Crippen LogP contribution in [0.25, 0.3) is 6.08 Å². The van der Waals surface area contributed by atoms with Crippen molar-refractivity contribution in [1.29, 1.82) is 0 Å². The number of carbonyl (C=O) groups excluding carboxylic acids is 1. The van der Waals surface area contributed by atoms with Crippen molar-refractivity contribution in [2.24, 2.45) is 0 Å². The van der Waals surface area contributed by atoms with E-state index in [2.05, 4.69) is 15.5 Å². The number of halogens is 1. The number of hydrogen-bond donors (Lipinski definition) is 1. The molecule has 0 aliphatic carbocycles. The number of nitrogens with zero attached hydrogens (tertiary/aromatic N) is 2. The second kappa shape index (κ2) is 7.61. The minimum atomic E-state index is -0.309. The summed E-state index contributed by atoms with van der Waals surface area (Å²) >= 11 is 1.34. The lowest BCUT2D eigenvalue weighted by molar-refractivity contribution is -0.111. The van der Waals surface area contributed by atoms with Crippen LogP contribution in [0.15, 0.2) is 60.7 Å². The fraction of sp³-hybridized carbons (Fsp3) is 0.0556. The highest BCUT2D eigenvalue weighted by Gasteiger charge is 2.07. The summed E-state index contributed by atoms with van der Waals surface area (Å²) in [4.78, 5) is 11.9. The van der Waals surface area contributed by atoms with E-state index >= 15 is 0 Å². The highest BCUT2D eigenvalue weighted by molar-refractivity contribution is 7.15. The van der Waals surface area contributed by atoms with Crippen LogP contribution in [0.4, 0.5) is 9.52 Å². The van der Waals surface area contributed by atoms with Gasteiger partial charge in [-0.3, -0.25) is 10.1 Å². The van der Waals surface area contributed by atoms with Crippen molar-refractivity contribution in [2.75, 3.05) is 5.32 Å². The maximum absolute atomic E-state index is 12.8. The monoisotopic (exact) mass is 339 g/mol. The Morgan fingerprint density at radius 2 is 1.83 bits per heavy atom.